The normalized spacial score (nSPS) is 24.3. The third kappa shape index (κ3) is 6.69. The summed E-state index contributed by atoms with van der Waals surface area (Å²) in [5, 5.41) is 3.62. The lowest BCUT2D eigenvalue weighted by molar-refractivity contribution is 0.0411. The number of ether oxygens (including phenoxy) is 3. The van der Waals surface area contributed by atoms with Crippen molar-refractivity contribution in [1.29, 1.82) is 0 Å². The topological polar surface area (TPSA) is 39.7 Å². The van der Waals surface area contributed by atoms with E-state index in [1.807, 2.05) is 7.11 Å². The van der Waals surface area contributed by atoms with Crippen LogP contribution in [0, 0.1) is 0 Å². The average molecular weight is 259 g/mol. The van der Waals surface area contributed by atoms with Crippen molar-refractivity contribution in [2.45, 2.75) is 50.7 Å². The van der Waals surface area contributed by atoms with Crippen molar-refractivity contribution in [2.75, 3.05) is 40.6 Å². The Balaban J connectivity index is 1.93. The Labute approximate surface area is 111 Å². The lowest BCUT2D eigenvalue weighted by atomic mass is 9.92. The van der Waals surface area contributed by atoms with Crippen LogP contribution in [0.3, 0.4) is 0 Å². The minimum absolute atomic E-state index is 0.414. The highest BCUT2D eigenvalue weighted by molar-refractivity contribution is 4.81. The lowest BCUT2D eigenvalue weighted by Gasteiger charge is -2.31. The minimum atomic E-state index is 0.414. The second-order valence-electron chi connectivity index (χ2n) is 4.93. The molecular formula is C14H29NO3. The fourth-order valence-corrected chi connectivity index (χ4v) is 2.47. The molecule has 1 fully saturated rings. The summed E-state index contributed by atoms with van der Waals surface area (Å²) in [5.41, 5.74) is 0. The second kappa shape index (κ2) is 10.7. The number of methoxy groups -OCH3 is 2. The molecule has 2 unspecified atom stereocenters. The molecule has 108 valence electrons. The number of unbranched alkanes of at least 4 members (excludes halogenated alkanes) is 1. The summed E-state index contributed by atoms with van der Waals surface area (Å²) in [6.45, 7) is 3.30. The maximum Gasteiger partial charge on any atom is 0.0724 e. The predicted octanol–water partition coefficient (Wildman–Crippen LogP) is 1.98. The van der Waals surface area contributed by atoms with Gasteiger partial charge in [-0.3, -0.25) is 0 Å². The Morgan fingerprint density at radius 1 is 1.00 bits per heavy atom. The summed E-state index contributed by atoms with van der Waals surface area (Å²) in [6, 6.07) is 0.554. The number of hydrogen-bond donors (Lipinski definition) is 1. The summed E-state index contributed by atoms with van der Waals surface area (Å²) in [6.07, 6.45) is 7.79. The van der Waals surface area contributed by atoms with E-state index in [0.717, 1.165) is 19.6 Å². The van der Waals surface area contributed by atoms with Gasteiger partial charge >= 0.3 is 0 Å². The molecule has 1 aliphatic rings. The van der Waals surface area contributed by atoms with Crippen LogP contribution in [-0.2, 0) is 14.2 Å². The Kier molecular flexibility index (Phi) is 9.48. The number of nitrogens with one attached hydrogen (secondary N) is 1. The van der Waals surface area contributed by atoms with Crippen LogP contribution < -0.4 is 5.32 Å². The molecule has 18 heavy (non-hydrogen) atoms. The Hall–Kier alpha value is -0.160. The van der Waals surface area contributed by atoms with E-state index >= 15 is 0 Å². The van der Waals surface area contributed by atoms with Gasteiger partial charge in [-0.15, -0.1) is 0 Å². The maximum absolute atomic E-state index is 5.53. The van der Waals surface area contributed by atoms with E-state index in [4.69, 9.17) is 14.2 Å². The molecule has 1 aliphatic carbocycles. The lowest BCUT2D eigenvalue weighted by Crippen LogP contribution is -2.43. The summed E-state index contributed by atoms with van der Waals surface area (Å²) in [5.74, 6) is 0. The van der Waals surface area contributed by atoms with E-state index in [1.165, 1.54) is 32.1 Å². The van der Waals surface area contributed by atoms with Gasteiger partial charge in [0.05, 0.1) is 19.3 Å². The minimum Gasteiger partial charge on any atom is -0.382 e. The Morgan fingerprint density at radius 2 is 1.83 bits per heavy atom. The van der Waals surface area contributed by atoms with Crippen LogP contribution >= 0.6 is 0 Å². The molecule has 0 aromatic carbocycles. The third-order valence-electron chi connectivity index (χ3n) is 3.56. The smallest absolute Gasteiger partial charge is 0.0724 e. The van der Waals surface area contributed by atoms with Crippen LogP contribution in [0.15, 0.2) is 0 Å². The third-order valence-corrected chi connectivity index (χ3v) is 3.56. The van der Waals surface area contributed by atoms with Crippen LogP contribution in [0.2, 0.25) is 0 Å². The van der Waals surface area contributed by atoms with E-state index in [1.54, 1.807) is 7.11 Å². The van der Waals surface area contributed by atoms with Crippen molar-refractivity contribution in [3.63, 3.8) is 0 Å². The van der Waals surface area contributed by atoms with Crippen molar-refractivity contribution in [3.05, 3.63) is 0 Å². The summed E-state index contributed by atoms with van der Waals surface area (Å²) in [4.78, 5) is 0. The zero-order valence-electron chi connectivity index (χ0n) is 12.0. The first-order valence-corrected chi connectivity index (χ1v) is 7.21. The molecule has 0 aliphatic heterocycles. The first-order valence-electron chi connectivity index (χ1n) is 7.21. The molecule has 0 aromatic heterocycles. The Morgan fingerprint density at radius 3 is 2.61 bits per heavy atom. The molecule has 1 rings (SSSR count). The van der Waals surface area contributed by atoms with Gasteiger partial charge in [0.2, 0.25) is 0 Å². The van der Waals surface area contributed by atoms with E-state index in [2.05, 4.69) is 5.32 Å². The SMILES string of the molecule is COCCOCCCCNC1CCCCC1OC. The zero-order chi connectivity index (χ0) is 13.1. The predicted molar refractivity (Wildman–Crippen MR) is 73.0 cm³/mol. The standard InChI is InChI=1S/C14H29NO3/c1-16-11-12-18-10-6-5-9-15-13-7-3-4-8-14(13)17-2/h13-15H,3-12H2,1-2H3. The molecule has 1 saturated carbocycles. The molecule has 0 amide bonds. The van der Waals surface area contributed by atoms with Gasteiger partial charge in [-0.25, -0.2) is 0 Å². The van der Waals surface area contributed by atoms with Crippen LogP contribution in [0.1, 0.15) is 38.5 Å². The highest BCUT2D eigenvalue weighted by Crippen LogP contribution is 2.20. The van der Waals surface area contributed by atoms with Crippen molar-refractivity contribution >= 4 is 0 Å². The van der Waals surface area contributed by atoms with Gasteiger partial charge in [0.1, 0.15) is 0 Å². The highest BCUT2D eigenvalue weighted by Gasteiger charge is 2.23. The van der Waals surface area contributed by atoms with Gasteiger partial charge < -0.3 is 19.5 Å². The highest BCUT2D eigenvalue weighted by atomic mass is 16.5. The molecule has 4 nitrogen and oxygen atoms in total. The summed E-state index contributed by atoms with van der Waals surface area (Å²) < 4.78 is 15.9. The molecule has 1 N–H and O–H groups in total. The van der Waals surface area contributed by atoms with Crippen LogP contribution in [0.4, 0.5) is 0 Å². The van der Waals surface area contributed by atoms with Gasteiger partial charge in [0.25, 0.3) is 0 Å². The zero-order valence-corrected chi connectivity index (χ0v) is 12.0. The summed E-state index contributed by atoms with van der Waals surface area (Å²) in [7, 11) is 3.53. The number of hydrogen-bond acceptors (Lipinski definition) is 4. The largest absolute Gasteiger partial charge is 0.382 e. The molecule has 0 aromatic rings. The van der Waals surface area contributed by atoms with Gasteiger partial charge in [0.15, 0.2) is 0 Å². The fourth-order valence-electron chi connectivity index (χ4n) is 2.47. The van der Waals surface area contributed by atoms with Gasteiger partial charge in [-0.2, -0.15) is 0 Å². The fraction of sp³-hybridized carbons (Fsp3) is 1.00. The van der Waals surface area contributed by atoms with Crippen LogP contribution in [-0.4, -0.2) is 52.7 Å². The first-order chi connectivity index (χ1) is 8.88. The Bertz CT molecular complexity index is 190. The molecule has 2 atom stereocenters. The van der Waals surface area contributed by atoms with Crippen molar-refractivity contribution < 1.29 is 14.2 Å². The van der Waals surface area contributed by atoms with Crippen molar-refractivity contribution in [1.82, 2.24) is 5.32 Å². The van der Waals surface area contributed by atoms with Crippen LogP contribution in [0.5, 0.6) is 0 Å². The van der Waals surface area contributed by atoms with Crippen molar-refractivity contribution in [3.8, 4) is 0 Å². The van der Waals surface area contributed by atoms with Gasteiger partial charge in [-0.05, 0) is 32.2 Å². The van der Waals surface area contributed by atoms with E-state index in [9.17, 15) is 0 Å². The average Bonchev–Trinajstić information content (AvgIpc) is 2.42. The van der Waals surface area contributed by atoms with Crippen molar-refractivity contribution in [2.24, 2.45) is 0 Å². The maximum atomic E-state index is 5.53. The number of rotatable bonds is 10. The monoisotopic (exact) mass is 259 g/mol. The van der Waals surface area contributed by atoms with Gasteiger partial charge in [0, 0.05) is 26.9 Å². The molecular weight excluding hydrogens is 230 g/mol. The van der Waals surface area contributed by atoms with E-state index in [0.29, 0.717) is 25.4 Å². The van der Waals surface area contributed by atoms with Gasteiger partial charge in [-0.1, -0.05) is 12.8 Å². The van der Waals surface area contributed by atoms with E-state index < -0.39 is 0 Å². The first kappa shape index (κ1) is 15.9. The second-order valence-corrected chi connectivity index (χ2v) is 4.93. The molecule has 0 radical (unpaired) electrons. The molecule has 0 bridgehead atoms. The summed E-state index contributed by atoms with van der Waals surface area (Å²) >= 11 is 0. The van der Waals surface area contributed by atoms with Crippen LogP contribution in [0.25, 0.3) is 0 Å². The van der Waals surface area contributed by atoms with E-state index in [-0.39, 0.29) is 0 Å². The quantitative estimate of drug-likeness (QED) is 0.609. The molecule has 0 spiro atoms. The molecule has 0 saturated heterocycles. The molecule has 0 heterocycles. The molecule has 4 heteroatoms.